The van der Waals surface area contributed by atoms with Crippen molar-refractivity contribution in [2.75, 3.05) is 6.61 Å². The van der Waals surface area contributed by atoms with E-state index in [1.807, 2.05) is 42.8 Å². The normalized spacial score (nSPS) is 10.7. The molecule has 0 fully saturated rings. The number of fused-ring (bicyclic) bond motifs is 1. The van der Waals surface area contributed by atoms with Gasteiger partial charge >= 0.3 is 5.97 Å². The Labute approximate surface area is 133 Å². The molecule has 0 unspecified atom stereocenters. The summed E-state index contributed by atoms with van der Waals surface area (Å²) in [6.45, 7) is 4.38. The molecule has 118 valence electrons. The lowest BCUT2D eigenvalue weighted by Gasteiger charge is -2.07. The van der Waals surface area contributed by atoms with E-state index in [1.54, 1.807) is 18.3 Å². The van der Waals surface area contributed by atoms with Crippen molar-refractivity contribution < 1.29 is 14.3 Å². The highest BCUT2D eigenvalue weighted by Crippen LogP contribution is 2.16. The van der Waals surface area contributed by atoms with E-state index in [1.165, 1.54) is 0 Å². The predicted octanol–water partition coefficient (Wildman–Crippen LogP) is 2.79. The smallest absolute Gasteiger partial charge is 0.344 e. The summed E-state index contributed by atoms with van der Waals surface area (Å²) >= 11 is 0. The van der Waals surface area contributed by atoms with Gasteiger partial charge in [0.05, 0.1) is 12.3 Å². The average Bonchev–Trinajstić information content (AvgIpc) is 2.95. The van der Waals surface area contributed by atoms with Crippen LogP contribution >= 0.6 is 0 Å². The number of pyridine rings is 2. The van der Waals surface area contributed by atoms with Gasteiger partial charge in [0.15, 0.2) is 0 Å². The molecule has 0 aromatic carbocycles. The van der Waals surface area contributed by atoms with Crippen molar-refractivity contribution in [3.63, 3.8) is 0 Å². The summed E-state index contributed by atoms with van der Waals surface area (Å²) in [6, 6.07) is 7.22. The minimum atomic E-state index is -0.477. The van der Waals surface area contributed by atoms with E-state index in [0.29, 0.717) is 17.9 Å². The molecule has 0 N–H and O–H groups in total. The third kappa shape index (κ3) is 3.31. The number of ether oxygens (including phenoxy) is 2. The Balaban J connectivity index is 1.73. The number of aryl methyl sites for hydroxylation is 1. The molecule has 0 spiro atoms. The van der Waals surface area contributed by atoms with Crippen molar-refractivity contribution in [1.82, 2.24) is 14.4 Å². The summed E-state index contributed by atoms with van der Waals surface area (Å²) < 4.78 is 12.6. The van der Waals surface area contributed by atoms with Crippen LogP contribution in [0.15, 0.2) is 42.9 Å². The summed E-state index contributed by atoms with van der Waals surface area (Å²) in [4.78, 5) is 20.7. The van der Waals surface area contributed by atoms with E-state index >= 15 is 0 Å². The molecule has 0 atom stereocenters. The molecule has 0 aliphatic heterocycles. The SMILES string of the molecule is CCOc1ncccc1C(=O)OCc1cn2cc(C)ccc2n1. The number of rotatable bonds is 5. The van der Waals surface area contributed by atoms with Crippen molar-refractivity contribution in [3.05, 3.63) is 59.7 Å². The van der Waals surface area contributed by atoms with Gasteiger partial charge in [0.25, 0.3) is 0 Å². The summed E-state index contributed by atoms with van der Waals surface area (Å²) in [6.07, 6.45) is 5.40. The van der Waals surface area contributed by atoms with Gasteiger partial charge in [0.1, 0.15) is 17.8 Å². The molecule has 0 saturated carbocycles. The van der Waals surface area contributed by atoms with Crippen LogP contribution in [-0.2, 0) is 11.3 Å². The van der Waals surface area contributed by atoms with Crippen LogP contribution in [0, 0.1) is 6.92 Å². The zero-order valence-corrected chi connectivity index (χ0v) is 13.0. The minimum absolute atomic E-state index is 0.0972. The van der Waals surface area contributed by atoms with Crippen molar-refractivity contribution in [3.8, 4) is 5.88 Å². The van der Waals surface area contributed by atoms with Crippen LogP contribution in [0.4, 0.5) is 0 Å². The predicted molar refractivity (Wildman–Crippen MR) is 84.5 cm³/mol. The number of carbonyl (C=O) groups is 1. The molecule has 3 aromatic heterocycles. The molecular weight excluding hydrogens is 294 g/mol. The Bertz CT molecular complexity index is 842. The number of imidazole rings is 1. The average molecular weight is 311 g/mol. The zero-order valence-electron chi connectivity index (χ0n) is 13.0. The van der Waals surface area contributed by atoms with Gasteiger partial charge < -0.3 is 13.9 Å². The first kappa shape index (κ1) is 15.0. The monoisotopic (exact) mass is 311 g/mol. The van der Waals surface area contributed by atoms with Crippen molar-refractivity contribution in [2.45, 2.75) is 20.5 Å². The van der Waals surface area contributed by atoms with Gasteiger partial charge in [-0.1, -0.05) is 6.07 Å². The van der Waals surface area contributed by atoms with Gasteiger partial charge in [-0.3, -0.25) is 0 Å². The van der Waals surface area contributed by atoms with Crippen molar-refractivity contribution >= 4 is 11.6 Å². The molecule has 0 radical (unpaired) electrons. The van der Waals surface area contributed by atoms with Crippen LogP contribution in [-0.4, -0.2) is 26.9 Å². The second kappa shape index (κ2) is 6.48. The lowest BCUT2D eigenvalue weighted by Crippen LogP contribution is -2.09. The van der Waals surface area contributed by atoms with Crippen LogP contribution in [0.2, 0.25) is 0 Å². The fourth-order valence-electron chi connectivity index (χ4n) is 2.24. The van der Waals surface area contributed by atoms with Crippen LogP contribution < -0.4 is 4.74 Å². The van der Waals surface area contributed by atoms with Crippen LogP contribution in [0.1, 0.15) is 28.5 Å². The molecule has 3 aromatic rings. The maximum atomic E-state index is 12.2. The lowest BCUT2D eigenvalue weighted by molar-refractivity contribution is 0.0463. The van der Waals surface area contributed by atoms with E-state index in [4.69, 9.17) is 9.47 Å². The Morgan fingerprint density at radius 3 is 2.96 bits per heavy atom. The van der Waals surface area contributed by atoms with Gasteiger partial charge in [-0.05, 0) is 37.6 Å². The van der Waals surface area contributed by atoms with Gasteiger partial charge in [-0.2, -0.15) is 0 Å². The Morgan fingerprint density at radius 2 is 2.13 bits per heavy atom. The van der Waals surface area contributed by atoms with E-state index < -0.39 is 5.97 Å². The topological polar surface area (TPSA) is 65.7 Å². The minimum Gasteiger partial charge on any atom is -0.477 e. The summed E-state index contributed by atoms with van der Waals surface area (Å²) in [5.74, 6) is -0.194. The third-order valence-electron chi connectivity index (χ3n) is 3.27. The molecule has 3 heterocycles. The zero-order chi connectivity index (χ0) is 16.2. The quantitative estimate of drug-likeness (QED) is 0.678. The van der Waals surface area contributed by atoms with Gasteiger partial charge in [0, 0.05) is 18.6 Å². The molecular formula is C17H17N3O3. The van der Waals surface area contributed by atoms with E-state index in [2.05, 4.69) is 9.97 Å². The number of carbonyl (C=O) groups excluding carboxylic acids is 1. The second-order valence-electron chi connectivity index (χ2n) is 5.07. The van der Waals surface area contributed by atoms with E-state index in [9.17, 15) is 4.79 Å². The highest BCUT2D eigenvalue weighted by atomic mass is 16.5. The first-order valence-corrected chi connectivity index (χ1v) is 7.36. The second-order valence-corrected chi connectivity index (χ2v) is 5.07. The molecule has 6 nitrogen and oxygen atoms in total. The molecule has 23 heavy (non-hydrogen) atoms. The van der Waals surface area contributed by atoms with Gasteiger partial charge in [-0.25, -0.2) is 14.8 Å². The molecule has 0 amide bonds. The van der Waals surface area contributed by atoms with Crippen LogP contribution in [0.25, 0.3) is 5.65 Å². The van der Waals surface area contributed by atoms with E-state index in [0.717, 1.165) is 11.2 Å². The fourth-order valence-corrected chi connectivity index (χ4v) is 2.24. The molecule has 0 saturated heterocycles. The number of hydrogen-bond donors (Lipinski definition) is 0. The largest absolute Gasteiger partial charge is 0.477 e. The first-order valence-electron chi connectivity index (χ1n) is 7.36. The standard InChI is InChI=1S/C17H17N3O3/c1-3-22-16-14(5-4-8-18-16)17(21)23-11-13-10-20-9-12(2)6-7-15(20)19-13/h4-10H,3,11H2,1-2H3. The van der Waals surface area contributed by atoms with Crippen molar-refractivity contribution in [2.24, 2.45) is 0 Å². The Hall–Kier alpha value is -2.89. The highest BCUT2D eigenvalue weighted by molar-refractivity contribution is 5.91. The van der Waals surface area contributed by atoms with Crippen molar-refractivity contribution in [1.29, 1.82) is 0 Å². The van der Waals surface area contributed by atoms with Gasteiger partial charge in [0.2, 0.25) is 5.88 Å². The van der Waals surface area contributed by atoms with Gasteiger partial charge in [-0.15, -0.1) is 0 Å². The first-order chi connectivity index (χ1) is 11.2. The summed E-state index contributed by atoms with van der Waals surface area (Å²) in [7, 11) is 0. The fraction of sp³-hybridized carbons (Fsp3) is 0.235. The summed E-state index contributed by atoms with van der Waals surface area (Å²) in [5.41, 5.74) is 2.95. The molecule has 3 rings (SSSR count). The third-order valence-corrected chi connectivity index (χ3v) is 3.27. The lowest BCUT2D eigenvalue weighted by atomic mass is 10.3. The number of hydrogen-bond acceptors (Lipinski definition) is 5. The maximum absolute atomic E-state index is 12.2. The molecule has 0 bridgehead atoms. The molecule has 0 aliphatic carbocycles. The van der Waals surface area contributed by atoms with Crippen LogP contribution in [0.5, 0.6) is 5.88 Å². The number of nitrogens with zero attached hydrogens (tertiary/aromatic N) is 3. The summed E-state index contributed by atoms with van der Waals surface area (Å²) in [5, 5.41) is 0. The maximum Gasteiger partial charge on any atom is 0.344 e. The van der Waals surface area contributed by atoms with Crippen LogP contribution in [0.3, 0.4) is 0 Å². The number of esters is 1. The van der Waals surface area contributed by atoms with E-state index in [-0.39, 0.29) is 12.5 Å². The molecule has 6 heteroatoms. The highest BCUT2D eigenvalue weighted by Gasteiger charge is 2.15. The molecule has 0 aliphatic rings. The number of aromatic nitrogens is 3. The Morgan fingerprint density at radius 1 is 1.26 bits per heavy atom. The Kier molecular flexibility index (Phi) is 4.23.